The average Bonchev–Trinajstić information content (AvgIpc) is 3.29. The van der Waals surface area contributed by atoms with Gasteiger partial charge in [-0.05, 0) is 61.0 Å². The number of rotatable bonds is 4. The van der Waals surface area contributed by atoms with E-state index in [4.69, 9.17) is 9.47 Å². The van der Waals surface area contributed by atoms with E-state index in [9.17, 15) is 12.8 Å². The highest BCUT2D eigenvalue weighted by atomic mass is 32.2. The summed E-state index contributed by atoms with van der Waals surface area (Å²) >= 11 is 0. The molecule has 10 heteroatoms. The molecule has 0 saturated carbocycles. The third-order valence-corrected chi connectivity index (χ3v) is 7.54. The largest absolute Gasteiger partial charge is 0.454 e. The molecule has 3 aromatic rings. The van der Waals surface area contributed by atoms with Crippen molar-refractivity contribution < 1.29 is 22.3 Å². The average molecular weight is 456 g/mol. The first-order valence-corrected chi connectivity index (χ1v) is 11.6. The second-order valence-corrected chi connectivity index (χ2v) is 9.58. The van der Waals surface area contributed by atoms with Gasteiger partial charge < -0.3 is 14.4 Å². The first-order valence-electron chi connectivity index (χ1n) is 10.2. The van der Waals surface area contributed by atoms with E-state index >= 15 is 0 Å². The van der Waals surface area contributed by atoms with Crippen LogP contribution in [0.2, 0.25) is 0 Å². The zero-order valence-corrected chi connectivity index (χ0v) is 18.2. The topological polar surface area (TPSA) is 84.9 Å². The maximum atomic E-state index is 13.5. The van der Waals surface area contributed by atoms with Gasteiger partial charge >= 0.3 is 0 Å². The molecule has 0 aliphatic carbocycles. The summed E-state index contributed by atoms with van der Waals surface area (Å²) in [6.45, 7) is 3.35. The van der Waals surface area contributed by atoms with Crippen LogP contribution in [0.3, 0.4) is 0 Å². The Labute approximate surface area is 185 Å². The summed E-state index contributed by atoms with van der Waals surface area (Å²) in [6, 6.07) is 13.2. The van der Waals surface area contributed by atoms with Crippen molar-refractivity contribution in [1.82, 2.24) is 14.5 Å². The summed E-state index contributed by atoms with van der Waals surface area (Å²) in [5.41, 5.74) is 1.89. The van der Waals surface area contributed by atoms with Crippen molar-refractivity contribution in [2.75, 3.05) is 37.9 Å². The fourth-order valence-electron chi connectivity index (χ4n) is 3.79. The van der Waals surface area contributed by atoms with E-state index in [-0.39, 0.29) is 11.7 Å². The van der Waals surface area contributed by atoms with Crippen molar-refractivity contribution in [3.05, 3.63) is 59.9 Å². The molecule has 5 rings (SSSR count). The molecule has 0 radical (unpaired) electrons. The molecule has 0 N–H and O–H groups in total. The quantitative estimate of drug-likeness (QED) is 0.597. The van der Waals surface area contributed by atoms with Crippen LogP contribution in [-0.2, 0) is 10.0 Å². The van der Waals surface area contributed by atoms with Crippen LogP contribution in [0.1, 0.15) is 5.56 Å². The van der Waals surface area contributed by atoms with Gasteiger partial charge in [0, 0.05) is 31.7 Å². The molecule has 2 aromatic carbocycles. The molecule has 166 valence electrons. The molecule has 1 fully saturated rings. The van der Waals surface area contributed by atoms with E-state index in [0.717, 1.165) is 5.56 Å². The SMILES string of the molecule is Cc1cc(S(=O)(=O)N2CCN(c3ccc(-c4ccc5c(c4)OCO5)nn3)CC2)ccc1F. The number of anilines is 1. The van der Waals surface area contributed by atoms with Crippen LogP contribution in [0, 0.1) is 12.7 Å². The van der Waals surface area contributed by atoms with Gasteiger partial charge in [-0.15, -0.1) is 10.2 Å². The predicted octanol–water partition coefficient (Wildman–Crippen LogP) is 2.83. The Morgan fingerprint density at radius 1 is 0.906 bits per heavy atom. The standard InChI is InChI=1S/C22H21FN4O4S/c1-15-12-17(3-4-18(15)23)32(28,29)27-10-8-26(9-11-27)22-7-5-19(24-25-22)16-2-6-20-21(13-16)31-14-30-20/h2-7,12-13H,8-11,14H2,1H3. The van der Waals surface area contributed by atoms with Crippen molar-refractivity contribution in [3.63, 3.8) is 0 Å². The lowest BCUT2D eigenvalue weighted by Gasteiger charge is -2.34. The second-order valence-electron chi connectivity index (χ2n) is 7.65. The molecule has 0 unspecified atom stereocenters. The fourth-order valence-corrected chi connectivity index (χ4v) is 5.30. The van der Waals surface area contributed by atoms with Gasteiger partial charge in [0.15, 0.2) is 17.3 Å². The maximum absolute atomic E-state index is 13.5. The monoisotopic (exact) mass is 456 g/mol. The Bertz CT molecular complexity index is 1260. The van der Waals surface area contributed by atoms with Gasteiger partial charge in [-0.2, -0.15) is 4.31 Å². The van der Waals surface area contributed by atoms with E-state index < -0.39 is 15.8 Å². The van der Waals surface area contributed by atoms with E-state index in [1.807, 2.05) is 35.2 Å². The number of piperazine rings is 1. The molecule has 0 amide bonds. The smallest absolute Gasteiger partial charge is 0.243 e. The molecule has 3 heterocycles. The number of ether oxygens (including phenoxy) is 2. The van der Waals surface area contributed by atoms with Crippen molar-refractivity contribution in [2.45, 2.75) is 11.8 Å². The Hall–Kier alpha value is -3.24. The summed E-state index contributed by atoms with van der Waals surface area (Å²) in [5, 5.41) is 8.66. The minimum Gasteiger partial charge on any atom is -0.454 e. The summed E-state index contributed by atoms with van der Waals surface area (Å²) in [7, 11) is -3.67. The zero-order chi connectivity index (χ0) is 22.3. The normalized spacial score (nSPS) is 16.4. The van der Waals surface area contributed by atoms with E-state index in [1.54, 1.807) is 6.92 Å². The first kappa shape index (κ1) is 20.7. The summed E-state index contributed by atoms with van der Waals surface area (Å²) in [5.74, 6) is 1.66. The van der Waals surface area contributed by atoms with Crippen molar-refractivity contribution in [2.24, 2.45) is 0 Å². The van der Waals surface area contributed by atoms with E-state index in [0.29, 0.717) is 54.8 Å². The summed E-state index contributed by atoms with van der Waals surface area (Å²) < 4.78 is 51.5. The third-order valence-electron chi connectivity index (χ3n) is 5.65. The second kappa shape index (κ2) is 8.03. The molecule has 0 spiro atoms. The lowest BCUT2D eigenvalue weighted by molar-refractivity contribution is 0.174. The van der Waals surface area contributed by atoms with Crippen LogP contribution >= 0.6 is 0 Å². The molecule has 0 bridgehead atoms. The number of sulfonamides is 1. The van der Waals surface area contributed by atoms with Gasteiger partial charge in [-0.1, -0.05) is 0 Å². The molecular formula is C22H21FN4O4S. The van der Waals surface area contributed by atoms with Gasteiger partial charge in [-0.3, -0.25) is 0 Å². The molecule has 1 aromatic heterocycles. The lowest BCUT2D eigenvalue weighted by Crippen LogP contribution is -2.49. The van der Waals surface area contributed by atoms with Crippen molar-refractivity contribution >= 4 is 15.8 Å². The molecule has 1 saturated heterocycles. The minimum absolute atomic E-state index is 0.109. The molecule has 32 heavy (non-hydrogen) atoms. The van der Waals surface area contributed by atoms with E-state index in [2.05, 4.69) is 10.2 Å². The van der Waals surface area contributed by atoms with Crippen LogP contribution in [0.25, 0.3) is 11.3 Å². The van der Waals surface area contributed by atoms with E-state index in [1.165, 1.54) is 22.5 Å². The highest BCUT2D eigenvalue weighted by Crippen LogP contribution is 2.35. The summed E-state index contributed by atoms with van der Waals surface area (Å²) in [4.78, 5) is 2.11. The Kier molecular flexibility index (Phi) is 5.18. The number of aromatic nitrogens is 2. The van der Waals surface area contributed by atoms with Crippen LogP contribution in [0.15, 0.2) is 53.4 Å². The van der Waals surface area contributed by atoms with Crippen molar-refractivity contribution in [1.29, 1.82) is 0 Å². The highest BCUT2D eigenvalue weighted by molar-refractivity contribution is 7.89. The summed E-state index contributed by atoms with van der Waals surface area (Å²) in [6.07, 6.45) is 0. The third kappa shape index (κ3) is 3.76. The fraction of sp³-hybridized carbons (Fsp3) is 0.273. The van der Waals surface area contributed by atoms with Crippen LogP contribution < -0.4 is 14.4 Å². The Morgan fingerprint density at radius 2 is 1.69 bits per heavy atom. The van der Waals surface area contributed by atoms with Crippen LogP contribution in [-0.4, -0.2) is 55.9 Å². The lowest BCUT2D eigenvalue weighted by atomic mass is 10.1. The number of aryl methyl sites for hydroxylation is 1. The van der Waals surface area contributed by atoms with Gasteiger partial charge in [-0.25, -0.2) is 12.8 Å². The number of benzene rings is 2. The number of hydrogen-bond acceptors (Lipinski definition) is 7. The zero-order valence-electron chi connectivity index (χ0n) is 17.4. The molecule has 2 aliphatic rings. The van der Waals surface area contributed by atoms with Gasteiger partial charge in [0.25, 0.3) is 0 Å². The first-order chi connectivity index (χ1) is 15.4. The molecule has 8 nitrogen and oxygen atoms in total. The maximum Gasteiger partial charge on any atom is 0.243 e. The number of fused-ring (bicyclic) bond motifs is 1. The highest BCUT2D eigenvalue weighted by Gasteiger charge is 2.29. The minimum atomic E-state index is -3.67. The molecule has 0 atom stereocenters. The van der Waals surface area contributed by atoms with Gasteiger partial charge in [0.05, 0.1) is 10.6 Å². The Balaban J connectivity index is 1.26. The molecular weight excluding hydrogens is 435 g/mol. The number of halogens is 1. The number of hydrogen-bond donors (Lipinski definition) is 0. The van der Waals surface area contributed by atoms with Gasteiger partial charge in [0.1, 0.15) is 5.82 Å². The van der Waals surface area contributed by atoms with Crippen LogP contribution in [0.5, 0.6) is 11.5 Å². The molecule has 2 aliphatic heterocycles. The van der Waals surface area contributed by atoms with Crippen molar-refractivity contribution in [3.8, 4) is 22.8 Å². The predicted molar refractivity (Wildman–Crippen MR) is 116 cm³/mol. The Morgan fingerprint density at radius 3 is 2.41 bits per heavy atom. The van der Waals surface area contributed by atoms with Gasteiger partial charge in [0.2, 0.25) is 16.8 Å². The van der Waals surface area contributed by atoms with Crippen LogP contribution in [0.4, 0.5) is 10.2 Å². The number of nitrogens with zero attached hydrogens (tertiary/aromatic N) is 4.